The lowest BCUT2D eigenvalue weighted by molar-refractivity contribution is -0.385. The Kier molecular flexibility index (Phi) is 4.68. The minimum atomic E-state index is -0.330. The first-order valence-corrected chi connectivity index (χ1v) is 6.82. The fraction of sp³-hybridized carbons (Fsp3) is 0.467. The highest BCUT2D eigenvalue weighted by Gasteiger charge is 2.16. The summed E-state index contributed by atoms with van der Waals surface area (Å²) in [6.45, 7) is 4.24. The molecule has 0 bridgehead atoms. The number of nitro groups is 1. The third-order valence-corrected chi connectivity index (χ3v) is 3.71. The van der Waals surface area contributed by atoms with E-state index in [0.717, 1.165) is 13.1 Å². The van der Waals surface area contributed by atoms with E-state index in [-0.39, 0.29) is 10.6 Å². The summed E-state index contributed by atoms with van der Waals surface area (Å²) in [5.41, 5.74) is 0.850. The van der Waals surface area contributed by atoms with Crippen molar-refractivity contribution in [2.75, 3.05) is 13.1 Å². The molecule has 0 amide bonds. The zero-order valence-corrected chi connectivity index (χ0v) is 11.3. The van der Waals surface area contributed by atoms with Crippen LogP contribution in [0.15, 0.2) is 30.3 Å². The van der Waals surface area contributed by atoms with Crippen LogP contribution in [0.3, 0.4) is 0 Å². The molecule has 1 saturated heterocycles. The maximum atomic E-state index is 10.9. The van der Waals surface area contributed by atoms with Gasteiger partial charge in [0.25, 0.3) is 5.69 Å². The van der Waals surface area contributed by atoms with Crippen LogP contribution in [0.25, 0.3) is 6.08 Å². The van der Waals surface area contributed by atoms with Gasteiger partial charge in [-0.25, -0.2) is 0 Å². The van der Waals surface area contributed by atoms with Crippen molar-refractivity contribution >= 4 is 11.8 Å². The van der Waals surface area contributed by atoms with E-state index in [4.69, 9.17) is 0 Å². The number of hydrogen-bond acceptors (Lipinski definition) is 3. The fourth-order valence-electron chi connectivity index (χ4n) is 2.54. The highest BCUT2D eigenvalue weighted by Crippen LogP contribution is 2.20. The van der Waals surface area contributed by atoms with Crippen molar-refractivity contribution in [3.63, 3.8) is 0 Å². The van der Waals surface area contributed by atoms with E-state index >= 15 is 0 Å². The maximum Gasteiger partial charge on any atom is 0.276 e. The summed E-state index contributed by atoms with van der Waals surface area (Å²) < 4.78 is 0. The average Bonchev–Trinajstić information content (AvgIpc) is 2.41. The predicted octanol–water partition coefficient (Wildman–Crippen LogP) is 3.48. The molecule has 0 saturated carbocycles. The molecule has 0 unspecified atom stereocenters. The van der Waals surface area contributed by atoms with Crippen LogP contribution in [0, 0.1) is 10.1 Å². The zero-order valence-electron chi connectivity index (χ0n) is 11.3. The van der Waals surface area contributed by atoms with Crippen LogP contribution in [0.4, 0.5) is 5.69 Å². The lowest BCUT2D eigenvalue weighted by Crippen LogP contribution is -2.37. The van der Waals surface area contributed by atoms with Crippen molar-refractivity contribution in [2.24, 2.45) is 0 Å². The Bertz CT molecular complexity index is 471. The van der Waals surface area contributed by atoms with E-state index in [0.29, 0.717) is 11.6 Å². The molecule has 4 nitrogen and oxygen atoms in total. The van der Waals surface area contributed by atoms with Crippen molar-refractivity contribution in [1.82, 2.24) is 4.90 Å². The van der Waals surface area contributed by atoms with Crippen molar-refractivity contribution < 1.29 is 4.92 Å². The number of hydrogen-bond donors (Lipinski definition) is 0. The highest BCUT2D eigenvalue weighted by atomic mass is 16.6. The number of rotatable bonds is 4. The monoisotopic (exact) mass is 260 g/mol. The van der Waals surface area contributed by atoms with Crippen LogP contribution in [-0.4, -0.2) is 29.0 Å². The number of nitro benzene ring substituents is 1. The van der Waals surface area contributed by atoms with Gasteiger partial charge in [0, 0.05) is 18.7 Å². The second-order valence-corrected chi connectivity index (χ2v) is 5.06. The van der Waals surface area contributed by atoms with Crippen LogP contribution in [0.2, 0.25) is 0 Å². The molecule has 102 valence electrons. The van der Waals surface area contributed by atoms with Crippen molar-refractivity contribution in [3.05, 3.63) is 46.0 Å². The van der Waals surface area contributed by atoms with Crippen molar-refractivity contribution in [1.29, 1.82) is 0 Å². The predicted molar refractivity (Wildman–Crippen MR) is 77.0 cm³/mol. The minimum absolute atomic E-state index is 0.172. The molecule has 1 heterocycles. The van der Waals surface area contributed by atoms with Gasteiger partial charge < -0.3 is 0 Å². The molecule has 0 radical (unpaired) electrons. The maximum absolute atomic E-state index is 10.9. The summed E-state index contributed by atoms with van der Waals surface area (Å²) in [7, 11) is 0. The van der Waals surface area contributed by atoms with E-state index in [2.05, 4.69) is 11.8 Å². The second-order valence-electron chi connectivity index (χ2n) is 5.06. The molecular weight excluding hydrogens is 240 g/mol. The Morgan fingerprint density at radius 3 is 2.95 bits per heavy atom. The van der Waals surface area contributed by atoms with E-state index in [1.54, 1.807) is 18.2 Å². The zero-order chi connectivity index (χ0) is 13.7. The largest absolute Gasteiger partial charge is 0.297 e. The first-order chi connectivity index (χ1) is 9.18. The Labute approximate surface area is 113 Å². The molecular formula is C15H20N2O2. The van der Waals surface area contributed by atoms with Crippen LogP contribution < -0.4 is 0 Å². The summed E-state index contributed by atoms with van der Waals surface area (Å²) in [6, 6.07) is 7.47. The molecule has 0 aromatic heterocycles. The number of nitrogens with zero attached hydrogens (tertiary/aromatic N) is 2. The molecule has 1 fully saturated rings. The third-order valence-electron chi connectivity index (χ3n) is 3.71. The van der Waals surface area contributed by atoms with Gasteiger partial charge in [-0.15, -0.1) is 0 Å². The van der Waals surface area contributed by atoms with Gasteiger partial charge in [0.15, 0.2) is 0 Å². The molecule has 1 aromatic carbocycles. The minimum Gasteiger partial charge on any atom is -0.297 e. The molecule has 4 heteroatoms. The molecule has 0 aliphatic carbocycles. The summed E-state index contributed by atoms with van der Waals surface area (Å²) in [5.74, 6) is 0. The van der Waals surface area contributed by atoms with E-state index in [9.17, 15) is 10.1 Å². The number of para-hydroxylation sites is 1. The molecule has 1 aliphatic rings. The van der Waals surface area contributed by atoms with Gasteiger partial charge in [0.05, 0.1) is 10.5 Å². The Morgan fingerprint density at radius 2 is 2.21 bits per heavy atom. The fourth-order valence-corrected chi connectivity index (χ4v) is 2.54. The van der Waals surface area contributed by atoms with Gasteiger partial charge in [-0.05, 0) is 32.4 Å². The van der Waals surface area contributed by atoms with Gasteiger partial charge in [0.1, 0.15) is 0 Å². The topological polar surface area (TPSA) is 46.4 Å². The lowest BCUT2D eigenvalue weighted by atomic mass is 10.0. The quantitative estimate of drug-likeness (QED) is 0.615. The molecule has 19 heavy (non-hydrogen) atoms. The van der Waals surface area contributed by atoms with Crippen LogP contribution in [-0.2, 0) is 0 Å². The van der Waals surface area contributed by atoms with Gasteiger partial charge in [-0.2, -0.15) is 0 Å². The lowest BCUT2D eigenvalue weighted by Gasteiger charge is -2.32. The summed E-state index contributed by atoms with van der Waals surface area (Å²) in [4.78, 5) is 13.0. The normalized spacial score (nSPS) is 20.8. The summed E-state index contributed by atoms with van der Waals surface area (Å²) >= 11 is 0. The van der Waals surface area contributed by atoms with Crippen molar-refractivity contribution in [3.8, 4) is 0 Å². The first-order valence-electron chi connectivity index (χ1n) is 6.82. The van der Waals surface area contributed by atoms with Gasteiger partial charge >= 0.3 is 0 Å². The SMILES string of the molecule is C[C@H]1CCCCN1C/C=C/c1ccccc1[N+](=O)[O-]. The molecule has 1 aliphatic heterocycles. The molecule has 1 atom stereocenters. The smallest absolute Gasteiger partial charge is 0.276 e. The van der Waals surface area contributed by atoms with Crippen LogP contribution in [0.5, 0.6) is 0 Å². The summed E-state index contributed by atoms with van der Waals surface area (Å²) in [5, 5.41) is 10.9. The Balaban J connectivity index is 2.00. The molecule has 2 rings (SSSR count). The van der Waals surface area contributed by atoms with Gasteiger partial charge in [-0.3, -0.25) is 15.0 Å². The summed E-state index contributed by atoms with van der Waals surface area (Å²) in [6.07, 6.45) is 7.71. The molecule has 0 N–H and O–H groups in total. The first kappa shape index (κ1) is 13.7. The van der Waals surface area contributed by atoms with E-state index in [1.807, 2.05) is 18.2 Å². The van der Waals surface area contributed by atoms with Gasteiger partial charge in [-0.1, -0.05) is 30.7 Å². The average molecular weight is 260 g/mol. The number of benzene rings is 1. The number of piperidine rings is 1. The molecule has 0 spiro atoms. The van der Waals surface area contributed by atoms with Crippen LogP contribution in [0.1, 0.15) is 31.7 Å². The van der Waals surface area contributed by atoms with E-state index < -0.39 is 0 Å². The van der Waals surface area contributed by atoms with Crippen molar-refractivity contribution in [2.45, 2.75) is 32.2 Å². The van der Waals surface area contributed by atoms with Gasteiger partial charge in [0.2, 0.25) is 0 Å². The highest BCUT2D eigenvalue weighted by molar-refractivity contribution is 5.60. The second kappa shape index (κ2) is 6.48. The Hall–Kier alpha value is -1.68. The number of likely N-dealkylation sites (tertiary alicyclic amines) is 1. The standard InChI is InChI=1S/C15H20N2O2/c1-13-7-4-5-11-16(13)12-6-9-14-8-2-3-10-15(14)17(18)19/h2-3,6,8-10,13H,4-5,7,11-12H2,1H3/b9-6+/t13-/m0/s1. The Morgan fingerprint density at radius 1 is 1.42 bits per heavy atom. The third kappa shape index (κ3) is 3.64. The van der Waals surface area contributed by atoms with E-state index in [1.165, 1.54) is 19.3 Å². The van der Waals surface area contributed by atoms with Crippen LogP contribution >= 0.6 is 0 Å². The molecule has 1 aromatic rings.